The molecule has 2 amide bonds. The van der Waals surface area contributed by atoms with Gasteiger partial charge in [-0.05, 0) is 44.9 Å². The van der Waals surface area contributed by atoms with Crippen LogP contribution in [0, 0.1) is 5.92 Å². The van der Waals surface area contributed by atoms with Crippen LogP contribution in [0.3, 0.4) is 0 Å². The van der Waals surface area contributed by atoms with E-state index in [-0.39, 0.29) is 12.5 Å². The molecule has 0 spiro atoms. The third-order valence-electron chi connectivity index (χ3n) is 4.37. The number of aliphatic carboxylic acids is 1. The number of piperidine rings is 1. The smallest absolute Gasteiger partial charge is 0.320 e. The van der Waals surface area contributed by atoms with Gasteiger partial charge < -0.3 is 14.9 Å². The number of rotatable bonds is 3. The van der Waals surface area contributed by atoms with Gasteiger partial charge in [-0.15, -0.1) is 0 Å². The van der Waals surface area contributed by atoms with Gasteiger partial charge in [0.05, 0.1) is 0 Å². The zero-order valence-electron chi connectivity index (χ0n) is 11.7. The highest BCUT2D eigenvalue weighted by atomic mass is 16.4. The highest BCUT2D eigenvalue weighted by molar-refractivity contribution is 5.75. The Kier molecular flexibility index (Phi) is 4.66. The molecule has 2 fully saturated rings. The first kappa shape index (κ1) is 14.2. The number of carboxylic acids is 1. The summed E-state index contributed by atoms with van der Waals surface area (Å²) in [6, 6.07) is 0.504. The third-order valence-corrected chi connectivity index (χ3v) is 4.37. The highest BCUT2D eigenvalue weighted by Crippen LogP contribution is 2.24. The molecule has 0 radical (unpaired) electrons. The van der Waals surface area contributed by atoms with Crippen molar-refractivity contribution in [1.29, 1.82) is 0 Å². The van der Waals surface area contributed by atoms with Crippen molar-refractivity contribution in [1.82, 2.24) is 9.80 Å². The normalized spacial score (nSPS) is 27.6. The van der Waals surface area contributed by atoms with Gasteiger partial charge in [0.2, 0.25) is 0 Å². The molecule has 19 heavy (non-hydrogen) atoms. The molecule has 2 saturated heterocycles. The van der Waals surface area contributed by atoms with E-state index in [9.17, 15) is 9.59 Å². The minimum Gasteiger partial charge on any atom is -0.481 e. The lowest BCUT2D eigenvalue weighted by Crippen LogP contribution is -2.48. The number of carboxylic acid groups (broad SMARTS) is 1. The Labute approximate surface area is 114 Å². The molecule has 0 aliphatic carbocycles. The Morgan fingerprint density at radius 1 is 1.21 bits per heavy atom. The molecule has 0 saturated carbocycles. The van der Waals surface area contributed by atoms with E-state index in [1.54, 1.807) is 0 Å². The van der Waals surface area contributed by atoms with E-state index in [4.69, 9.17) is 5.11 Å². The summed E-state index contributed by atoms with van der Waals surface area (Å²) in [6.45, 7) is 4.51. The SMILES string of the molecule is CC1CCCCN1C(=O)N1CCC(CCC(=O)O)C1. The fraction of sp³-hybridized carbons (Fsp3) is 0.857. The van der Waals surface area contributed by atoms with Crippen molar-refractivity contribution in [3.8, 4) is 0 Å². The number of carbonyl (C=O) groups excluding carboxylic acids is 1. The standard InChI is InChI=1S/C14H24N2O3/c1-11-4-2-3-8-16(11)14(19)15-9-7-12(10-15)5-6-13(17)18/h11-12H,2-10H2,1H3,(H,17,18). The van der Waals surface area contributed by atoms with Gasteiger partial charge in [0.1, 0.15) is 0 Å². The van der Waals surface area contributed by atoms with E-state index in [1.165, 1.54) is 6.42 Å². The van der Waals surface area contributed by atoms with Gasteiger partial charge in [0, 0.05) is 32.1 Å². The lowest BCUT2D eigenvalue weighted by atomic mass is 10.0. The molecule has 2 aliphatic rings. The molecule has 0 bridgehead atoms. The van der Waals surface area contributed by atoms with E-state index < -0.39 is 5.97 Å². The zero-order valence-corrected chi connectivity index (χ0v) is 11.7. The first-order valence-electron chi connectivity index (χ1n) is 7.35. The minimum absolute atomic E-state index is 0.157. The first-order valence-corrected chi connectivity index (χ1v) is 7.35. The van der Waals surface area contributed by atoms with E-state index in [0.717, 1.165) is 38.9 Å². The fourth-order valence-corrected chi connectivity index (χ4v) is 3.13. The summed E-state index contributed by atoms with van der Waals surface area (Å²) in [7, 11) is 0. The maximum atomic E-state index is 12.4. The van der Waals surface area contributed by atoms with Crippen LogP contribution in [0.5, 0.6) is 0 Å². The monoisotopic (exact) mass is 268 g/mol. The Hall–Kier alpha value is -1.26. The van der Waals surface area contributed by atoms with Gasteiger partial charge in [0.25, 0.3) is 0 Å². The van der Waals surface area contributed by atoms with Crippen molar-refractivity contribution < 1.29 is 14.7 Å². The van der Waals surface area contributed by atoms with Crippen LogP contribution in [0.1, 0.15) is 45.4 Å². The fourth-order valence-electron chi connectivity index (χ4n) is 3.13. The molecule has 2 aliphatic heterocycles. The number of hydrogen-bond acceptors (Lipinski definition) is 2. The number of urea groups is 1. The molecule has 108 valence electrons. The lowest BCUT2D eigenvalue weighted by Gasteiger charge is -2.36. The number of nitrogens with zero attached hydrogens (tertiary/aromatic N) is 2. The van der Waals surface area contributed by atoms with E-state index in [0.29, 0.717) is 18.4 Å². The number of carbonyl (C=O) groups is 2. The average molecular weight is 268 g/mol. The van der Waals surface area contributed by atoms with Crippen molar-refractivity contribution in [2.24, 2.45) is 5.92 Å². The molecule has 0 aromatic carbocycles. The molecular formula is C14H24N2O3. The van der Waals surface area contributed by atoms with Crippen molar-refractivity contribution in [2.75, 3.05) is 19.6 Å². The topological polar surface area (TPSA) is 60.9 Å². The van der Waals surface area contributed by atoms with E-state index in [1.807, 2.05) is 9.80 Å². The summed E-state index contributed by atoms with van der Waals surface area (Å²) < 4.78 is 0. The van der Waals surface area contributed by atoms with Crippen LogP contribution < -0.4 is 0 Å². The van der Waals surface area contributed by atoms with Crippen LogP contribution in [0.2, 0.25) is 0 Å². The quantitative estimate of drug-likeness (QED) is 0.853. The van der Waals surface area contributed by atoms with Crippen LogP contribution in [-0.2, 0) is 4.79 Å². The Balaban J connectivity index is 1.82. The van der Waals surface area contributed by atoms with E-state index in [2.05, 4.69) is 6.92 Å². The molecule has 2 atom stereocenters. The van der Waals surface area contributed by atoms with Crippen molar-refractivity contribution in [3.63, 3.8) is 0 Å². The Morgan fingerprint density at radius 2 is 2.00 bits per heavy atom. The Bertz CT molecular complexity index is 346. The van der Waals surface area contributed by atoms with Crippen LogP contribution in [0.15, 0.2) is 0 Å². The van der Waals surface area contributed by atoms with Crippen molar-refractivity contribution >= 4 is 12.0 Å². The van der Waals surface area contributed by atoms with Crippen LogP contribution >= 0.6 is 0 Å². The molecule has 5 heteroatoms. The predicted molar refractivity (Wildman–Crippen MR) is 72.0 cm³/mol. The second-order valence-electron chi connectivity index (χ2n) is 5.85. The van der Waals surface area contributed by atoms with Gasteiger partial charge in [-0.2, -0.15) is 0 Å². The van der Waals surface area contributed by atoms with Gasteiger partial charge in [0.15, 0.2) is 0 Å². The number of likely N-dealkylation sites (tertiary alicyclic amines) is 2. The van der Waals surface area contributed by atoms with Gasteiger partial charge in [-0.25, -0.2) is 4.79 Å². The van der Waals surface area contributed by atoms with Gasteiger partial charge in [-0.3, -0.25) is 4.79 Å². The molecule has 2 heterocycles. The number of hydrogen-bond donors (Lipinski definition) is 1. The summed E-state index contributed by atoms with van der Waals surface area (Å²) >= 11 is 0. The molecule has 0 aromatic heterocycles. The molecular weight excluding hydrogens is 244 g/mol. The largest absolute Gasteiger partial charge is 0.481 e. The van der Waals surface area contributed by atoms with E-state index >= 15 is 0 Å². The zero-order chi connectivity index (χ0) is 13.8. The van der Waals surface area contributed by atoms with Crippen molar-refractivity contribution in [2.45, 2.75) is 51.5 Å². The third kappa shape index (κ3) is 3.61. The molecule has 5 nitrogen and oxygen atoms in total. The minimum atomic E-state index is -0.741. The summed E-state index contributed by atoms with van der Waals surface area (Å²) in [5.74, 6) is -0.380. The summed E-state index contributed by atoms with van der Waals surface area (Å²) in [4.78, 5) is 26.9. The second kappa shape index (κ2) is 6.26. The molecule has 2 unspecified atom stereocenters. The van der Waals surface area contributed by atoms with Crippen LogP contribution in [0.4, 0.5) is 4.79 Å². The highest BCUT2D eigenvalue weighted by Gasteiger charge is 2.32. The second-order valence-corrected chi connectivity index (χ2v) is 5.85. The lowest BCUT2D eigenvalue weighted by molar-refractivity contribution is -0.137. The van der Waals surface area contributed by atoms with Crippen LogP contribution in [-0.4, -0.2) is 52.6 Å². The molecule has 1 N–H and O–H groups in total. The first-order chi connectivity index (χ1) is 9.08. The maximum Gasteiger partial charge on any atom is 0.320 e. The average Bonchev–Trinajstić information content (AvgIpc) is 2.85. The summed E-state index contributed by atoms with van der Waals surface area (Å²) in [5, 5.41) is 8.70. The molecule has 2 rings (SSSR count). The van der Waals surface area contributed by atoms with Crippen molar-refractivity contribution in [3.05, 3.63) is 0 Å². The predicted octanol–water partition coefficient (Wildman–Crippen LogP) is 2.17. The molecule has 0 aromatic rings. The maximum absolute atomic E-state index is 12.4. The van der Waals surface area contributed by atoms with Gasteiger partial charge >= 0.3 is 12.0 Å². The Morgan fingerprint density at radius 3 is 2.68 bits per heavy atom. The van der Waals surface area contributed by atoms with Gasteiger partial charge in [-0.1, -0.05) is 0 Å². The van der Waals surface area contributed by atoms with Crippen LogP contribution in [0.25, 0.3) is 0 Å². The summed E-state index contributed by atoms with van der Waals surface area (Å²) in [6.07, 6.45) is 5.27. The summed E-state index contributed by atoms with van der Waals surface area (Å²) in [5.41, 5.74) is 0. The number of amides is 2.